The Morgan fingerprint density at radius 1 is 1.28 bits per heavy atom. The number of pyridine rings is 1. The van der Waals surface area contributed by atoms with Crippen LogP contribution < -0.4 is 10.6 Å². The van der Waals surface area contributed by atoms with Gasteiger partial charge < -0.3 is 15.4 Å². The van der Waals surface area contributed by atoms with Gasteiger partial charge in [0, 0.05) is 54.7 Å². The quantitative estimate of drug-likeness (QED) is 0.648. The normalized spacial score (nSPS) is 10.8. The van der Waals surface area contributed by atoms with Crippen molar-refractivity contribution < 1.29 is 4.74 Å². The molecular weight excluding hydrogens is 226 g/mol. The van der Waals surface area contributed by atoms with Crippen molar-refractivity contribution in [2.24, 2.45) is 0 Å². The average Bonchev–Trinajstić information content (AvgIpc) is 2.39. The van der Waals surface area contributed by atoms with Crippen molar-refractivity contribution in [1.29, 1.82) is 0 Å². The summed E-state index contributed by atoms with van der Waals surface area (Å²) in [7, 11) is 2.06. The van der Waals surface area contributed by atoms with Crippen molar-refractivity contribution in [3.05, 3.63) is 30.6 Å². The van der Waals surface area contributed by atoms with Gasteiger partial charge in [0.1, 0.15) is 0 Å². The Morgan fingerprint density at radius 2 is 2.11 bits per heavy atom. The molecule has 0 aliphatic heterocycles. The fraction of sp³-hybridized carbons (Fsp3) is 0.357. The van der Waals surface area contributed by atoms with E-state index in [1.807, 2.05) is 31.3 Å². The Kier molecular flexibility index (Phi) is 3.99. The highest BCUT2D eigenvalue weighted by Gasteiger charge is 2.07. The summed E-state index contributed by atoms with van der Waals surface area (Å²) >= 11 is 0. The van der Waals surface area contributed by atoms with Gasteiger partial charge in [0.25, 0.3) is 0 Å². The molecular formula is C14H19N3O. The lowest BCUT2D eigenvalue weighted by atomic mass is 10.1. The largest absolute Gasteiger partial charge is 0.398 e. The maximum absolute atomic E-state index is 5.96. The molecule has 2 rings (SSSR count). The second-order valence-electron chi connectivity index (χ2n) is 4.21. The molecule has 0 bridgehead atoms. The van der Waals surface area contributed by atoms with E-state index in [-0.39, 0.29) is 0 Å². The van der Waals surface area contributed by atoms with Gasteiger partial charge in [-0.2, -0.15) is 0 Å². The molecule has 4 heteroatoms. The standard InChI is InChI=1S/C14H19N3O/c1-3-18-9-8-17(2)14-5-4-13(15)12-10-16-7-6-11(12)14/h4-7,10H,3,8-9,15H2,1-2H3. The third-order valence-electron chi connectivity index (χ3n) is 3.02. The van der Waals surface area contributed by atoms with E-state index in [1.165, 1.54) is 0 Å². The van der Waals surface area contributed by atoms with Crippen molar-refractivity contribution in [3.63, 3.8) is 0 Å². The number of fused-ring (bicyclic) bond motifs is 1. The molecule has 0 aliphatic rings. The van der Waals surface area contributed by atoms with Crippen molar-refractivity contribution in [1.82, 2.24) is 4.98 Å². The zero-order chi connectivity index (χ0) is 13.0. The first kappa shape index (κ1) is 12.6. The summed E-state index contributed by atoms with van der Waals surface area (Å²) in [6, 6.07) is 5.97. The van der Waals surface area contributed by atoms with Gasteiger partial charge in [-0.25, -0.2) is 0 Å². The van der Waals surface area contributed by atoms with Crippen LogP contribution in [0.5, 0.6) is 0 Å². The van der Waals surface area contributed by atoms with E-state index in [9.17, 15) is 0 Å². The number of aromatic nitrogens is 1. The zero-order valence-electron chi connectivity index (χ0n) is 10.9. The van der Waals surface area contributed by atoms with Crippen LogP contribution >= 0.6 is 0 Å². The Hall–Kier alpha value is -1.81. The molecule has 2 aromatic rings. The molecule has 2 N–H and O–H groups in total. The van der Waals surface area contributed by atoms with Crippen molar-refractivity contribution in [3.8, 4) is 0 Å². The van der Waals surface area contributed by atoms with E-state index in [1.54, 1.807) is 6.20 Å². The first-order chi connectivity index (χ1) is 8.74. The molecule has 0 saturated carbocycles. The summed E-state index contributed by atoms with van der Waals surface area (Å²) in [5.74, 6) is 0. The lowest BCUT2D eigenvalue weighted by molar-refractivity contribution is 0.154. The maximum atomic E-state index is 5.96. The summed E-state index contributed by atoms with van der Waals surface area (Å²) in [5.41, 5.74) is 7.88. The Bertz CT molecular complexity index is 527. The number of hydrogen-bond donors (Lipinski definition) is 1. The number of likely N-dealkylation sites (N-methyl/N-ethyl adjacent to an activating group) is 1. The van der Waals surface area contributed by atoms with E-state index in [0.717, 1.165) is 41.9 Å². The molecule has 18 heavy (non-hydrogen) atoms. The van der Waals surface area contributed by atoms with E-state index in [0.29, 0.717) is 0 Å². The van der Waals surface area contributed by atoms with Gasteiger partial charge in [0.05, 0.1) is 6.61 Å². The third kappa shape index (κ3) is 2.54. The average molecular weight is 245 g/mol. The highest BCUT2D eigenvalue weighted by atomic mass is 16.5. The van der Waals surface area contributed by atoms with Crippen LogP contribution in [0.3, 0.4) is 0 Å². The fourth-order valence-electron chi connectivity index (χ4n) is 2.00. The van der Waals surface area contributed by atoms with Crippen LogP contribution in [-0.4, -0.2) is 31.8 Å². The van der Waals surface area contributed by atoms with Crippen LogP contribution in [0.2, 0.25) is 0 Å². The van der Waals surface area contributed by atoms with Crippen LogP contribution in [0.15, 0.2) is 30.6 Å². The van der Waals surface area contributed by atoms with Crippen LogP contribution in [0.4, 0.5) is 11.4 Å². The molecule has 0 saturated heterocycles. The predicted molar refractivity (Wildman–Crippen MR) is 75.9 cm³/mol. The van der Waals surface area contributed by atoms with Gasteiger partial charge in [0.2, 0.25) is 0 Å². The molecule has 0 fully saturated rings. The minimum Gasteiger partial charge on any atom is -0.398 e. The molecule has 1 aromatic heterocycles. The van der Waals surface area contributed by atoms with E-state index in [4.69, 9.17) is 10.5 Å². The number of anilines is 2. The molecule has 96 valence electrons. The summed E-state index contributed by atoms with van der Waals surface area (Å²) in [5, 5.41) is 2.13. The van der Waals surface area contributed by atoms with E-state index < -0.39 is 0 Å². The van der Waals surface area contributed by atoms with Crippen molar-refractivity contribution in [2.75, 3.05) is 37.4 Å². The molecule has 0 unspecified atom stereocenters. The van der Waals surface area contributed by atoms with Gasteiger partial charge >= 0.3 is 0 Å². The molecule has 0 amide bonds. The molecule has 0 spiro atoms. The minimum atomic E-state index is 0.726. The molecule has 1 heterocycles. The topological polar surface area (TPSA) is 51.4 Å². The third-order valence-corrected chi connectivity index (χ3v) is 3.02. The number of ether oxygens (including phenoxy) is 1. The Labute approximate surface area is 107 Å². The second kappa shape index (κ2) is 5.69. The maximum Gasteiger partial charge on any atom is 0.0641 e. The highest BCUT2D eigenvalue weighted by molar-refractivity contribution is 6.00. The van der Waals surface area contributed by atoms with Crippen LogP contribution in [0, 0.1) is 0 Å². The lowest BCUT2D eigenvalue weighted by Crippen LogP contribution is -2.22. The fourth-order valence-corrected chi connectivity index (χ4v) is 2.00. The smallest absolute Gasteiger partial charge is 0.0641 e. The predicted octanol–water partition coefficient (Wildman–Crippen LogP) is 2.29. The molecule has 0 radical (unpaired) electrons. The number of nitrogens with two attached hydrogens (primary N) is 1. The molecule has 0 atom stereocenters. The molecule has 4 nitrogen and oxygen atoms in total. The number of hydrogen-bond acceptors (Lipinski definition) is 4. The van der Waals surface area contributed by atoms with E-state index in [2.05, 4.69) is 16.9 Å². The van der Waals surface area contributed by atoms with Gasteiger partial charge in [-0.05, 0) is 25.1 Å². The number of nitrogens with zero attached hydrogens (tertiary/aromatic N) is 2. The van der Waals surface area contributed by atoms with Gasteiger partial charge in [-0.15, -0.1) is 0 Å². The van der Waals surface area contributed by atoms with Crippen LogP contribution in [0.1, 0.15) is 6.92 Å². The lowest BCUT2D eigenvalue weighted by Gasteiger charge is -2.21. The zero-order valence-corrected chi connectivity index (χ0v) is 10.9. The summed E-state index contributed by atoms with van der Waals surface area (Å²) in [6.07, 6.45) is 3.60. The second-order valence-corrected chi connectivity index (χ2v) is 4.21. The minimum absolute atomic E-state index is 0.726. The number of rotatable bonds is 5. The monoisotopic (exact) mass is 245 g/mol. The molecule has 0 aliphatic carbocycles. The van der Waals surface area contributed by atoms with Crippen molar-refractivity contribution in [2.45, 2.75) is 6.92 Å². The first-order valence-corrected chi connectivity index (χ1v) is 6.15. The molecule has 1 aromatic carbocycles. The Balaban J connectivity index is 2.30. The summed E-state index contributed by atoms with van der Waals surface area (Å²) in [4.78, 5) is 6.30. The number of nitrogen functional groups attached to an aromatic ring is 1. The van der Waals surface area contributed by atoms with Crippen LogP contribution in [0.25, 0.3) is 10.8 Å². The van der Waals surface area contributed by atoms with Crippen LogP contribution in [-0.2, 0) is 4.74 Å². The first-order valence-electron chi connectivity index (χ1n) is 6.15. The summed E-state index contributed by atoms with van der Waals surface area (Å²) in [6.45, 7) is 4.34. The highest BCUT2D eigenvalue weighted by Crippen LogP contribution is 2.29. The van der Waals surface area contributed by atoms with E-state index >= 15 is 0 Å². The van der Waals surface area contributed by atoms with Gasteiger partial charge in [-0.3, -0.25) is 4.98 Å². The SMILES string of the molecule is CCOCCN(C)c1ccc(N)c2cnccc12. The van der Waals surface area contributed by atoms with Gasteiger partial charge in [-0.1, -0.05) is 0 Å². The van der Waals surface area contributed by atoms with Crippen molar-refractivity contribution >= 4 is 22.1 Å². The summed E-state index contributed by atoms with van der Waals surface area (Å²) < 4.78 is 5.38. The number of benzene rings is 1. The van der Waals surface area contributed by atoms with Gasteiger partial charge in [0.15, 0.2) is 0 Å². The Morgan fingerprint density at radius 3 is 2.89 bits per heavy atom.